The highest BCUT2D eigenvalue weighted by molar-refractivity contribution is 8.14. The van der Waals surface area contributed by atoms with E-state index in [0.717, 1.165) is 22.7 Å². The van der Waals surface area contributed by atoms with E-state index in [1.807, 2.05) is 57.1 Å². The zero-order chi connectivity index (χ0) is 24.0. The molecule has 0 bridgehead atoms. The zero-order valence-corrected chi connectivity index (χ0v) is 21.0. The van der Waals surface area contributed by atoms with Gasteiger partial charge in [0.2, 0.25) is 11.0 Å². The van der Waals surface area contributed by atoms with E-state index in [-0.39, 0.29) is 18.3 Å². The average molecular weight is 489 g/mol. The van der Waals surface area contributed by atoms with Crippen molar-refractivity contribution in [2.45, 2.75) is 33.2 Å². The molecule has 2 heterocycles. The number of amidine groups is 1. The highest BCUT2D eigenvalue weighted by Gasteiger charge is 2.30. The molecule has 1 aliphatic heterocycles. The number of allylic oxidation sites excluding steroid dienone is 1. The minimum absolute atomic E-state index is 0.140. The number of thioether (sulfide) groups is 1. The number of aromatic nitrogens is 2. The van der Waals surface area contributed by atoms with Crippen molar-refractivity contribution in [3.05, 3.63) is 46.1 Å². The van der Waals surface area contributed by atoms with Crippen molar-refractivity contribution >= 4 is 51.0 Å². The highest BCUT2D eigenvalue weighted by atomic mass is 32.2. The van der Waals surface area contributed by atoms with E-state index in [1.54, 1.807) is 6.92 Å². The van der Waals surface area contributed by atoms with Crippen LogP contribution in [0.15, 0.2) is 40.5 Å². The maximum atomic E-state index is 12.7. The molecule has 1 amide bonds. The van der Waals surface area contributed by atoms with Gasteiger partial charge in [0.1, 0.15) is 11.0 Å². The van der Waals surface area contributed by atoms with Gasteiger partial charge in [-0.25, -0.2) is 9.79 Å². The molecule has 11 heteroatoms. The first-order valence-corrected chi connectivity index (χ1v) is 12.4. The largest absolute Gasteiger partial charge is 0.463 e. The van der Waals surface area contributed by atoms with Crippen molar-refractivity contribution in [1.29, 1.82) is 0 Å². The maximum absolute atomic E-state index is 12.7. The molecule has 0 saturated carbocycles. The van der Waals surface area contributed by atoms with Gasteiger partial charge in [-0.15, -0.1) is 10.2 Å². The van der Waals surface area contributed by atoms with Gasteiger partial charge in [-0.05, 0) is 38.0 Å². The van der Waals surface area contributed by atoms with E-state index in [9.17, 15) is 9.59 Å². The van der Waals surface area contributed by atoms with Crippen molar-refractivity contribution < 1.29 is 14.3 Å². The van der Waals surface area contributed by atoms with Crippen molar-refractivity contribution in [1.82, 2.24) is 15.5 Å². The summed E-state index contributed by atoms with van der Waals surface area (Å²) in [6, 6.07) is 7.35. The summed E-state index contributed by atoms with van der Waals surface area (Å²) in [6.07, 6.45) is 0.772. The monoisotopic (exact) mass is 488 g/mol. The lowest BCUT2D eigenvalue weighted by atomic mass is 9.96. The number of nitrogens with one attached hydrogen (secondary N) is 2. The van der Waals surface area contributed by atoms with Crippen LogP contribution in [0.3, 0.4) is 0 Å². The van der Waals surface area contributed by atoms with E-state index in [2.05, 4.69) is 20.8 Å². The number of carbonyl (C=O) groups is 2. The lowest BCUT2D eigenvalue weighted by molar-refractivity contribution is -0.139. The third-order valence-corrected chi connectivity index (χ3v) is 6.66. The average Bonchev–Trinajstić information content (AvgIpc) is 3.25. The van der Waals surface area contributed by atoms with Crippen LogP contribution in [0.1, 0.15) is 37.4 Å². The van der Waals surface area contributed by atoms with E-state index in [4.69, 9.17) is 9.73 Å². The van der Waals surface area contributed by atoms with Crippen LogP contribution in [0.25, 0.3) is 0 Å². The molecule has 1 atom stereocenters. The van der Waals surface area contributed by atoms with Crippen LogP contribution >= 0.6 is 23.1 Å². The molecule has 0 aliphatic carbocycles. The minimum atomic E-state index is -0.526. The summed E-state index contributed by atoms with van der Waals surface area (Å²) in [5.41, 5.74) is 3.03. The lowest BCUT2D eigenvalue weighted by Crippen LogP contribution is -2.31. The van der Waals surface area contributed by atoms with E-state index >= 15 is 0 Å². The Morgan fingerprint density at radius 2 is 1.94 bits per heavy atom. The van der Waals surface area contributed by atoms with Crippen molar-refractivity contribution in [2.75, 3.05) is 36.7 Å². The Balaban J connectivity index is 1.77. The predicted octanol–water partition coefficient (Wildman–Crippen LogP) is 3.38. The molecule has 0 saturated heterocycles. The molecule has 33 heavy (non-hydrogen) atoms. The normalized spacial score (nSPS) is 15.5. The molecule has 0 spiro atoms. The highest BCUT2D eigenvalue weighted by Crippen LogP contribution is 2.33. The fourth-order valence-electron chi connectivity index (χ4n) is 3.13. The Labute approximate surface area is 201 Å². The Morgan fingerprint density at radius 3 is 2.55 bits per heavy atom. The number of esters is 1. The minimum Gasteiger partial charge on any atom is -0.463 e. The second kappa shape index (κ2) is 11.3. The molecule has 176 valence electrons. The Bertz CT molecular complexity index is 1060. The zero-order valence-electron chi connectivity index (χ0n) is 19.3. The molecular formula is C22H28N6O3S2. The molecule has 1 aromatic carbocycles. The lowest BCUT2D eigenvalue weighted by Gasteiger charge is -2.26. The van der Waals surface area contributed by atoms with Crippen molar-refractivity contribution in [2.24, 2.45) is 4.99 Å². The molecule has 3 rings (SSSR count). The Kier molecular flexibility index (Phi) is 8.45. The van der Waals surface area contributed by atoms with Gasteiger partial charge in [-0.1, -0.05) is 42.2 Å². The van der Waals surface area contributed by atoms with Gasteiger partial charge < -0.3 is 15.0 Å². The van der Waals surface area contributed by atoms with Crippen LogP contribution in [0.4, 0.5) is 10.8 Å². The first-order valence-electron chi connectivity index (χ1n) is 10.6. The van der Waals surface area contributed by atoms with Crippen molar-refractivity contribution in [3.63, 3.8) is 0 Å². The molecule has 9 nitrogen and oxygen atoms in total. The summed E-state index contributed by atoms with van der Waals surface area (Å²) < 4.78 is 5.28. The number of aryl methyl sites for hydroxylation is 1. The first kappa shape index (κ1) is 24.7. The fraction of sp³-hybridized carbons (Fsp3) is 0.409. The summed E-state index contributed by atoms with van der Waals surface area (Å²) in [5.74, 6) is -0.466. The van der Waals surface area contributed by atoms with E-state index < -0.39 is 12.0 Å². The summed E-state index contributed by atoms with van der Waals surface area (Å²) in [4.78, 5) is 31.8. The summed E-state index contributed by atoms with van der Waals surface area (Å²) in [7, 11) is 3.94. The molecule has 0 fully saturated rings. The summed E-state index contributed by atoms with van der Waals surface area (Å²) >= 11 is 2.62. The fourth-order valence-corrected chi connectivity index (χ4v) is 4.57. The van der Waals surface area contributed by atoms with Gasteiger partial charge in [0.05, 0.1) is 17.9 Å². The number of aliphatic imine (C=N–C) groups is 1. The van der Waals surface area contributed by atoms with Crippen LogP contribution in [0.5, 0.6) is 0 Å². The molecule has 0 unspecified atom stereocenters. The number of hydrogen-bond acceptors (Lipinski definition) is 10. The topological polar surface area (TPSA) is 109 Å². The van der Waals surface area contributed by atoms with Crippen LogP contribution in [0, 0.1) is 0 Å². The number of hydrogen-bond donors (Lipinski definition) is 2. The second-order valence-corrected chi connectivity index (χ2v) is 9.42. The number of carbonyl (C=O) groups excluding carboxylic acids is 2. The van der Waals surface area contributed by atoms with Gasteiger partial charge in [-0.2, -0.15) is 0 Å². The van der Waals surface area contributed by atoms with E-state index in [0.29, 0.717) is 21.6 Å². The molecular weight excluding hydrogens is 460 g/mol. The maximum Gasteiger partial charge on any atom is 0.338 e. The third kappa shape index (κ3) is 6.32. The standard InChI is InChI=1S/C22H28N6O3S2/c1-6-17-26-27-22(33-17)24-16(29)12-32-21-23-13(3)18(20(30)31-7-2)19(25-21)14-8-10-15(11-9-14)28(4)5/h8-11,19H,6-7,12H2,1-5H3,(H,23,25)(H,24,27,29)/t19-/m0/s1. The van der Waals surface area contributed by atoms with Crippen molar-refractivity contribution in [3.8, 4) is 0 Å². The second-order valence-electron chi connectivity index (χ2n) is 7.40. The van der Waals surface area contributed by atoms with Gasteiger partial charge in [0, 0.05) is 25.5 Å². The van der Waals surface area contributed by atoms with Gasteiger partial charge in [0.25, 0.3) is 0 Å². The molecule has 2 aromatic rings. The number of benzene rings is 1. The van der Waals surface area contributed by atoms with Crippen LogP contribution in [-0.2, 0) is 20.7 Å². The smallest absolute Gasteiger partial charge is 0.338 e. The molecule has 0 radical (unpaired) electrons. The van der Waals surface area contributed by atoms with E-state index in [1.165, 1.54) is 23.1 Å². The molecule has 2 N–H and O–H groups in total. The van der Waals surface area contributed by atoms with Gasteiger partial charge in [0.15, 0.2) is 5.17 Å². The third-order valence-electron chi connectivity index (χ3n) is 4.79. The van der Waals surface area contributed by atoms with Crippen LogP contribution in [-0.4, -0.2) is 53.7 Å². The quantitative estimate of drug-likeness (QED) is 0.545. The number of anilines is 2. The number of amides is 1. The Hall–Kier alpha value is -2.92. The van der Waals surface area contributed by atoms with Gasteiger partial charge in [-0.3, -0.25) is 10.1 Å². The SMILES string of the molecule is CCOC(=O)C1=C(C)NC(SCC(=O)Nc2nnc(CC)s2)=N[C@H]1c1ccc(N(C)C)cc1. The Morgan fingerprint density at radius 1 is 1.21 bits per heavy atom. The number of nitrogens with zero attached hydrogens (tertiary/aromatic N) is 4. The number of rotatable bonds is 8. The van der Waals surface area contributed by atoms with Crippen LogP contribution in [0.2, 0.25) is 0 Å². The first-order chi connectivity index (χ1) is 15.8. The van der Waals surface area contributed by atoms with Gasteiger partial charge >= 0.3 is 5.97 Å². The summed E-state index contributed by atoms with van der Waals surface area (Å²) in [5, 5.41) is 15.8. The predicted molar refractivity (Wildman–Crippen MR) is 134 cm³/mol. The number of ether oxygens (including phenoxy) is 1. The summed E-state index contributed by atoms with van der Waals surface area (Å²) in [6.45, 7) is 5.85. The molecule has 1 aromatic heterocycles. The molecule has 1 aliphatic rings. The van der Waals surface area contributed by atoms with Crippen LogP contribution < -0.4 is 15.5 Å².